The van der Waals surface area contributed by atoms with Gasteiger partial charge in [0.05, 0.1) is 11.8 Å². The van der Waals surface area contributed by atoms with Crippen LogP contribution in [-0.2, 0) is 20.9 Å². The van der Waals surface area contributed by atoms with Gasteiger partial charge in [0.1, 0.15) is 6.10 Å². The van der Waals surface area contributed by atoms with E-state index >= 15 is 0 Å². The molecule has 1 aromatic carbocycles. The molecule has 5 aliphatic carbocycles. The van der Waals surface area contributed by atoms with Gasteiger partial charge in [-0.25, -0.2) is 0 Å². The number of aryl methyl sites for hydroxylation is 1. The van der Waals surface area contributed by atoms with Crippen LogP contribution in [0.1, 0.15) is 144 Å². The lowest BCUT2D eigenvalue weighted by molar-refractivity contribution is -0.250. The largest absolute Gasteiger partial charge is 0.481 e. The van der Waals surface area contributed by atoms with Crippen molar-refractivity contribution >= 4 is 11.9 Å². The number of carboxylic acids is 1. The van der Waals surface area contributed by atoms with Crippen molar-refractivity contribution in [3.8, 4) is 0 Å². The van der Waals surface area contributed by atoms with Crippen LogP contribution in [0.3, 0.4) is 0 Å². The second kappa shape index (κ2) is 13.1. The lowest BCUT2D eigenvalue weighted by Crippen LogP contribution is -2.66. The summed E-state index contributed by atoms with van der Waals surface area (Å²) < 4.78 is 6.20. The van der Waals surface area contributed by atoms with Gasteiger partial charge in [0.25, 0.3) is 0 Å². The first-order valence-electron chi connectivity index (χ1n) is 20.2. The second-order valence-electron chi connectivity index (χ2n) is 20.2. The fourth-order valence-electron chi connectivity index (χ4n) is 13.8. The quantitative estimate of drug-likeness (QED) is 0.145. The molecule has 0 saturated heterocycles. The van der Waals surface area contributed by atoms with E-state index in [0.29, 0.717) is 28.6 Å². The maximum Gasteiger partial charge on any atom is 0.309 e. The summed E-state index contributed by atoms with van der Waals surface area (Å²) in [5, 5.41) is 13.5. The first-order valence-corrected chi connectivity index (χ1v) is 20.2. The van der Waals surface area contributed by atoms with E-state index < -0.39 is 11.4 Å². The molecule has 0 aromatic heterocycles. The number of ether oxygens (including phenoxy) is 1. The summed E-state index contributed by atoms with van der Waals surface area (Å²) in [6.45, 7) is 27.1. The number of carbonyl (C=O) groups is 2. The van der Waals surface area contributed by atoms with Crippen molar-refractivity contribution in [3.63, 3.8) is 0 Å². The molecular formula is C45H69NO4. The first-order chi connectivity index (χ1) is 23.3. The highest BCUT2D eigenvalue weighted by atomic mass is 16.5. The maximum absolute atomic E-state index is 13.1. The number of esters is 1. The van der Waals surface area contributed by atoms with Gasteiger partial charge in [-0.1, -0.05) is 76.6 Å². The molecule has 5 heteroatoms. The van der Waals surface area contributed by atoms with E-state index in [1.807, 2.05) is 0 Å². The summed E-state index contributed by atoms with van der Waals surface area (Å²) in [7, 11) is 0. The zero-order valence-corrected chi connectivity index (χ0v) is 33.1. The molecule has 0 heterocycles. The van der Waals surface area contributed by atoms with Gasteiger partial charge in [-0.15, -0.1) is 0 Å². The van der Waals surface area contributed by atoms with Crippen LogP contribution in [0.15, 0.2) is 36.4 Å². The maximum atomic E-state index is 13.1. The van der Waals surface area contributed by atoms with Gasteiger partial charge in [-0.2, -0.15) is 0 Å². The molecule has 5 saturated carbocycles. The van der Waals surface area contributed by atoms with E-state index in [9.17, 15) is 14.7 Å². The molecule has 6 rings (SSSR count). The minimum absolute atomic E-state index is 0.0894. The van der Waals surface area contributed by atoms with Crippen molar-refractivity contribution in [2.24, 2.45) is 62.1 Å². The molecule has 1 aromatic rings. The van der Waals surface area contributed by atoms with Crippen molar-refractivity contribution < 1.29 is 19.4 Å². The number of nitrogens with one attached hydrogen (secondary N) is 1. The van der Waals surface area contributed by atoms with E-state index in [1.165, 1.54) is 74.5 Å². The molecule has 0 bridgehead atoms. The Labute approximate surface area is 304 Å². The highest BCUT2D eigenvalue weighted by Crippen LogP contribution is 2.78. The summed E-state index contributed by atoms with van der Waals surface area (Å²) in [4.78, 5) is 24.8. The summed E-state index contributed by atoms with van der Waals surface area (Å²) in [6, 6.07) is 8.97. The van der Waals surface area contributed by atoms with Crippen molar-refractivity contribution in [2.45, 2.75) is 152 Å². The Hall–Kier alpha value is -2.14. The SMILES string of the molecule is C=C(C)[C@@H]1CC[C@]2(CCNCc3ccc(C)cc3)CC[C@]3(C)[C@H](CC[C@@H]4[C@@]5(C)CC[C@H](OC(=O)CC(C)(C)C(=O)O)C(C)(C)[C@@H]5CC[C@]43C)[C@@H]12. The molecule has 5 aliphatic rings. The molecule has 5 nitrogen and oxygen atoms in total. The fraction of sp³-hybridized carbons (Fsp3) is 0.778. The van der Waals surface area contributed by atoms with Crippen LogP contribution < -0.4 is 5.32 Å². The smallest absolute Gasteiger partial charge is 0.309 e. The highest BCUT2D eigenvalue weighted by molar-refractivity contribution is 5.81. The van der Waals surface area contributed by atoms with Gasteiger partial charge in [-0.05, 0) is 162 Å². The third-order valence-corrected chi connectivity index (χ3v) is 16.9. The summed E-state index contributed by atoms with van der Waals surface area (Å²) in [5.41, 5.74) is 4.04. The molecule has 0 aliphatic heterocycles. The molecule has 0 radical (unpaired) electrons. The number of rotatable bonds is 10. The monoisotopic (exact) mass is 688 g/mol. The zero-order valence-electron chi connectivity index (χ0n) is 33.1. The Kier molecular flexibility index (Phi) is 9.83. The average Bonchev–Trinajstić information content (AvgIpc) is 3.42. The number of hydrogen-bond donors (Lipinski definition) is 2. The number of carboxylic acid groups (broad SMARTS) is 1. The molecular weight excluding hydrogens is 618 g/mol. The van der Waals surface area contributed by atoms with Crippen LogP contribution in [0, 0.1) is 69.0 Å². The third kappa shape index (κ3) is 6.02. The standard InChI is InChI=1S/C45H69NO4/c1-29(2)32-17-22-45(25-26-46-28-31-13-11-30(3)12-14-31)24-23-43(9)33(38(32)45)15-16-35-42(8)20-19-36(50-37(47)27-40(4,5)39(48)49)41(6,7)34(42)18-21-44(35,43)10/h11-14,32-36,38,46H,1,15-28H2,2-10H3,(H,48,49)/t32-,33+,34-,35+,36-,38+,42-,43+,44+,45+/m0/s1. The van der Waals surface area contributed by atoms with E-state index in [2.05, 4.69) is 84.6 Å². The van der Waals surface area contributed by atoms with Gasteiger partial charge >= 0.3 is 11.9 Å². The number of hydrogen-bond acceptors (Lipinski definition) is 4. The predicted octanol–water partition coefficient (Wildman–Crippen LogP) is 10.5. The van der Waals surface area contributed by atoms with Crippen LogP contribution in [0.25, 0.3) is 0 Å². The molecule has 10 atom stereocenters. The van der Waals surface area contributed by atoms with Crippen LogP contribution >= 0.6 is 0 Å². The second-order valence-corrected chi connectivity index (χ2v) is 20.2. The van der Waals surface area contributed by atoms with Crippen molar-refractivity contribution in [1.29, 1.82) is 0 Å². The average molecular weight is 688 g/mol. The summed E-state index contributed by atoms with van der Waals surface area (Å²) in [5.74, 6) is 1.91. The number of fused-ring (bicyclic) bond motifs is 7. The number of allylic oxidation sites excluding steroid dienone is 1. The summed E-state index contributed by atoms with van der Waals surface area (Å²) in [6.07, 6.45) is 13.4. The lowest BCUT2D eigenvalue weighted by Gasteiger charge is -2.73. The molecule has 0 unspecified atom stereocenters. The Bertz CT molecular complexity index is 1460. The minimum Gasteiger partial charge on any atom is -0.481 e. The van der Waals surface area contributed by atoms with Crippen molar-refractivity contribution in [2.75, 3.05) is 6.54 Å². The third-order valence-electron chi connectivity index (χ3n) is 16.9. The Morgan fingerprint density at radius 3 is 2.26 bits per heavy atom. The number of benzene rings is 1. The van der Waals surface area contributed by atoms with Crippen molar-refractivity contribution in [3.05, 3.63) is 47.5 Å². The number of aliphatic carboxylic acids is 1. The lowest BCUT2D eigenvalue weighted by atomic mass is 9.32. The van der Waals surface area contributed by atoms with E-state index in [-0.39, 0.29) is 34.7 Å². The van der Waals surface area contributed by atoms with E-state index in [4.69, 9.17) is 4.74 Å². The van der Waals surface area contributed by atoms with E-state index in [1.54, 1.807) is 13.8 Å². The Morgan fingerprint density at radius 1 is 0.900 bits per heavy atom. The fourth-order valence-corrected chi connectivity index (χ4v) is 13.8. The van der Waals surface area contributed by atoms with Gasteiger partial charge in [-0.3, -0.25) is 9.59 Å². The molecule has 2 N–H and O–H groups in total. The van der Waals surface area contributed by atoms with Gasteiger partial charge < -0.3 is 15.2 Å². The predicted molar refractivity (Wildman–Crippen MR) is 202 cm³/mol. The first kappa shape index (κ1) is 37.6. The van der Waals surface area contributed by atoms with Gasteiger partial charge in [0.15, 0.2) is 0 Å². The normalized spacial score (nSPS) is 40.5. The molecule has 0 amide bonds. The zero-order chi connectivity index (χ0) is 36.5. The Balaban J connectivity index is 1.20. The van der Waals surface area contributed by atoms with Crippen LogP contribution in [-0.4, -0.2) is 29.7 Å². The van der Waals surface area contributed by atoms with Crippen LogP contribution in [0.2, 0.25) is 0 Å². The van der Waals surface area contributed by atoms with Crippen molar-refractivity contribution in [1.82, 2.24) is 5.32 Å². The highest BCUT2D eigenvalue weighted by Gasteiger charge is 2.71. The van der Waals surface area contributed by atoms with Crippen LogP contribution in [0.5, 0.6) is 0 Å². The van der Waals surface area contributed by atoms with E-state index in [0.717, 1.165) is 37.8 Å². The molecule has 50 heavy (non-hydrogen) atoms. The Morgan fingerprint density at radius 2 is 1.60 bits per heavy atom. The topological polar surface area (TPSA) is 75.6 Å². The van der Waals surface area contributed by atoms with Crippen LogP contribution in [0.4, 0.5) is 0 Å². The summed E-state index contributed by atoms with van der Waals surface area (Å²) >= 11 is 0. The van der Waals surface area contributed by atoms with Gasteiger partial charge in [0, 0.05) is 12.0 Å². The minimum atomic E-state index is -1.12. The molecule has 278 valence electrons. The molecule has 5 fully saturated rings. The number of carbonyl (C=O) groups excluding carboxylic acids is 1. The molecule has 0 spiro atoms. The van der Waals surface area contributed by atoms with Gasteiger partial charge in [0.2, 0.25) is 0 Å².